The van der Waals surface area contributed by atoms with E-state index in [4.69, 9.17) is 0 Å². The molecule has 0 saturated heterocycles. The van der Waals surface area contributed by atoms with E-state index in [1.807, 2.05) is 48.5 Å². The van der Waals surface area contributed by atoms with Crippen LogP contribution in [0.4, 0.5) is 0 Å². The van der Waals surface area contributed by atoms with Crippen LogP contribution in [0.5, 0.6) is 0 Å². The molecule has 20 heavy (non-hydrogen) atoms. The number of aliphatic hydroxyl groups is 1. The monoisotopic (exact) mass is 283 g/mol. The first-order valence-electron chi connectivity index (χ1n) is 6.73. The fourth-order valence-electron chi connectivity index (χ4n) is 2.39. The van der Waals surface area contributed by atoms with Crippen LogP contribution in [0, 0.1) is 0 Å². The second-order valence-electron chi connectivity index (χ2n) is 5.22. The van der Waals surface area contributed by atoms with Gasteiger partial charge in [-0.25, -0.2) is 4.99 Å². The van der Waals surface area contributed by atoms with Crippen LogP contribution >= 0.6 is 11.8 Å². The molecule has 0 bridgehead atoms. The van der Waals surface area contributed by atoms with E-state index in [1.54, 1.807) is 18.7 Å². The van der Waals surface area contributed by atoms with Gasteiger partial charge in [0.1, 0.15) is 5.04 Å². The molecule has 2 aromatic carbocycles. The van der Waals surface area contributed by atoms with E-state index in [1.165, 1.54) is 5.56 Å². The average Bonchev–Trinajstić information content (AvgIpc) is 2.47. The maximum Gasteiger partial charge on any atom is 0.155 e. The summed E-state index contributed by atoms with van der Waals surface area (Å²) in [5.74, 6) is 0. The number of rotatable bonds is 2. The van der Waals surface area contributed by atoms with Crippen LogP contribution in [0.1, 0.15) is 29.7 Å². The first-order chi connectivity index (χ1) is 9.64. The molecule has 0 unspecified atom stereocenters. The molecule has 2 atom stereocenters. The molecule has 0 saturated carbocycles. The summed E-state index contributed by atoms with van der Waals surface area (Å²) in [6.45, 7) is 1.78. The lowest BCUT2D eigenvalue weighted by atomic mass is 10.0. The number of thioether (sulfide) groups is 1. The van der Waals surface area contributed by atoms with Gasteiger partial charge in [-0.2, -0.15) is 0 Å². The predicted octanol–water partition coefficient (Wildman–Crippen LogP) is 4.02. The standard InChI is InChI=1S/C17H17NOS/c1-17(19)12-15(13-8-4-2-5-9-13)20-16(18-17)14-10-6-3-7-11-14/h2-11,15,19H,12H2,1H3/t15-,17+/m1/s1. The van der Waals surface area contributed by atoms with Gasteiger partial charge in [-0.1, -0.05) is 72.4 Å². The summed E-state index contributed by atoms with van der Waals surface area (Å²) in [7, 11) is 0. The van der Waals surface area contributed by atoms with Crippen molar-refractivity contribution < 1.29 is 5.11 Å². The normalized spacial score (nSPS) is 26.1. The van der Waals surface area contributed by atoms with Crippen LogP contribution in [0.15, 0.2) is 65.7 Å². The zero-order valence-corrected chi connectivity index (χ0v) is 12.2. The maximum absolute atomic E-state index is 10.4. The highest BCUT2D eigenvalue weighted by Gasteiger charge is 2.32. The van der Waals surface area contributed by atoms with Crippen molar-refractivity contribution >= 4 is 16.8 Å². The van der Waals surface area contributed by atoms with Crippen LogP contribution in [-0.2, 0) is 0 Å². The largest absolute Gasteiger partial charge is 0.369 e. The van der Waals surface area contributed by atoms with E-state index < -0.39 is 5.72 Å². The Kier molecular flexibility index (Phi) is 3.64. The molecule has 3 heteroatoms. The Morgan fingerprint density at radius 1 is 1.05 bits per heavy atom. The van der Waals surface area contributed by atoms with Crippen molar-refractivity contribution in [3.05, 3.63) is 71.8 Å². The maximum atomic E-state index is 10.4. The molecule has 102 valence electrons. The molecule has 0 radical (unpaired) electrons. The summed E-state index contributed by atoms with van der Waals surface area (Å²) in [4.78, 5) is 4.50. The molecule has 0 spiro atoms. The Labute approximate surface area is 123 Å². The van der Waals surface area contributed by atoms with Gasteiger partial charge in [0.15, 0.2) is 5.72 Å². The summed E-state index contributed by atoms with van der Waals surface area (Å²) >= 11 is 1.73. The van der Waals surface area contributed by atoms with Crippen molar-refractivity contribution in [1.29, 1.82) is 0 Å². The summed E-state index contributed by atoms with van der Waals surface area (Å²) in [5, 5.41) is 11.6. The van der Waals surface area contributed by atoms with E-state index in [9.17, 15) is 5.11 Å². The Bertz CT molecular complexity index is 607. The summed E-state index contributed by atoms with van der Waals surface area (Å²) in [5.41, 5.74) is 1.30. The van der Waals surface area contributed by atoms with Gasteiger partial charge in [0.2, 0.25) is 0 Å². The van der Waals surface area contributed by atoms with E-state index in [-0.39, 0.29) is 5.25 Å². The Morgan fingerprint density at radius 3 is 2.30 bits per heavy atom. The fourth-order valence-corrected chi connectivity index (χ4v) is 3.87. The predicted molar refractivity (Wildman–Crippen MR) is 85.0 cm³/mol. The smallest absolute Gasteiger partial charge is 0.155 e. The quantitative estimate of drug-likeness (QED) is 0.903. The minimum Gasteiger partial charge on any atom is -0.369 e. The first kappa shape index (κ1) is 13.4. The van der Waals surface area contributed by atoms with Crippen molar-refractivity contribution in [2.24, 2.45) is 4.99 Å². The first-order valence-corrected chi connectivity index (χ1v) is 7.61. The van der Waals surface area contributed by atoms with E-state index in [0.29, 0.717) is 6.42 Å². The number of benzene rings is 2. The average molecular weight is 283 g/mol. The van der Waals surface area contributed by atoms with E-state index >= 15 is 0 Å². The Morgan fingerprint density at radius 2 is 1.65 bits per heavy atom. The zero-order valence-electron chi connectivity index (χ0n) is 11.4. The van der Waals surface area contributed by atoms with Gasteiger partial charge in [-0.3, -0.25) is 0 Å². The number of nitrogens with zero attached hydrogens (tertiary/aromatic N) is 1. The molecule has 1 aliphatic rings. The number of aliphatic imine (C=N–C) groups is 1. The van der Waals surface area contributed by atoms with Crippen molar-refractivity contribution in [3.63, 3.8) is 0 Å². The molecule has 3 rings (SSSR count). The number of hydrogen-bond donors (Lipinski definition) is 1. The third-order valence-electron chi connectivity index (χ3n) is 3.36. The van der Waals surface area contributed by atoms with Crippen LogP contribution in [-0.4, -0.2) is 15.9 Å². The zero-order chi connectivity index (χ0) is 14.0. The second kappa shape index (κ2) is 5.43. The van der Waals surface area contributed by atoms with Gasteiger partial charge in [0, 0.05) is 17.2 Å². The molecule has 1 aliphatic heterocycles. The minimum absolute atomic E-state index is 0.235. The molecule has 1 N–H and O–H groups in total. The SMILES string of the molecule is C[C@]1(O)C[C@H](c2ccccc2)SC(c2ccccc2)=N1. The van der Waals surface area contributed by atoms with Gasteiger partial charge in [-0.05, 0) is 12.5 Å². The highest BCUT2D eigenvalue weighted by molar-refractivity contribution is 8.14. The fraction of sp³-hybridized carbons (Fsp3) is 0.235. The third-order valence-corrected chi connectivity index (χ3v) is 4.63. The lowest BCUT2D eigenvalue weighted by Gasteiger charge is -2.31. The van der Waals surface area contributed by atoms with E-state index in [0.717, 1.165) is 10.6 Å². The molecular weight excluding hydrogens is 266 g/mol. The highest BCUT2D eigenvalue weighted by atomic mass is 32.2. The molecule has 0 amide bonds. The third kappa shape index (κ3) is 2.94. The molecule has 2 nitrogen and oxygen atoms in total. The minimum atomic E-state index is -1.00. The van der Waals surface area contributed by atoms with Crippen molar-refractivity contribution in [2.75, 3.05) is 0 Å². The summed E-state index contributed by atoms with van der Waals surface area (Å²) in [6.07, 6.45) is 0.637. The summed E-state index contributed by atoms with van der Waals surface area (Å²) in [6, 6.07) is 20.4. The lowest BCUT2D eigenvalue weighted by molar-refractivity contribution is 0.0593. The number of hydrogen-bond acceptors (Lipinski definition) is 3. The van der Waals surface area contributed by atoms with E-state index in [2.05, 4.69) is 17.1 Å². The van der Waals surface area contributed by atoms with Crippen molar-refractivity contribution in [1.82, 2.24) is 0 Å². The molecule has 0 aromatic heterocycles. The van der Waals surface area contributed by atoms with Crippen molar-refractivity contribution in [2.45, 2.75) is 24.3 Å². The van der Waals surface area contributed by atoms with Gasteiger partial charge >= 0.3 is 0 Å². The topological polar surface area (TPSA) is 32.6 Å². The molecule has 0 aliphatic carbocycles. The molecule has 1 heterocycles. The van der Waals surface area contributed by atoms with Gasteiger partial charge in [-0.15, -0.1) is 0 Å². The van der Waals surface area contributed by atoms with Crippen LogP contribution in [0.25, 0.3) is 0 Å². The molecule has 2 aromatic rings. The van der Waals surface area contributed by atoms with Crippen LogP contribution < -0.4 is 0 Å². The van der Waals surface area contributed by atoms with Gasteiger partial charge in [0.05, 0.1) is 0 Å². The highest BCUT2D eigenvalue weighted by Crippen LogP contribution is 2.43. The summed E-state index contributed by atoms with van der Waals surface area (Å²) < 4.78 is 0. The lowest BCUT2D eigenvalue weighted by Crippen LogP contribution is -2.29. The Hall–Kier alpha value is -1.58. The van der Waals surface area contributed by atoms with Gasteiger partial charge < -0.3 is 5.11 Å². The molecular formula is C17H17NOS. The van der Waals surface area contributed by atoms with Crippen molar-refractivity contribution in [3.8, 4) is 0 Å². The van der Waals surface area contributed by atoms with Crippen LogP contribution in [0.3, 0.4) is 0 Å². The second-order valence-corrected chi connectivity index (χ2v) is 6.41. The molecule has 0 fully saturated rings. The van der Waals surface area contributed by atoms with Crippen LogP contribution in [0.2, 0.25) is 0 Å². The van der Waals surface area contributed by atoms with Gasteiger partial charge in [0.25, 0.3) is 0 Å². The Balaban J connectivity index is 1.94.